The highest BCUT2D eigenvalue weighted by molar-refractivity contribution is 6.30. The molecule has 1 aromatic carbocycles. The molecule has 0 amide bonds. The Bertz CT molecular complexity index is 456. The Morgan fingerprint density at radius 1 is 1.35 bits per heavy atom. The first-order chi connectivity index (χ1) is 9.76. The lowest BCUT2D eigenvalue weighted by Gasteiger charge is -2.25. The van der Waals surface area contributed by atoms with Crippen LogP contribution in [0.15, 0.2) is 18.2 Å². The second kappa shape index (κ2) is 6.33. The lowest BCUT2D eigenvalue weighted by molar-refractivity contribution is 0.161. The Morgan fingerprint density at radius 3 is 2.85 bits per heavy atom. The van der Waals surface area contributed by atoms with Gasteiger partial charge in [-0.2, -0.15) is 0 Å². The number of halogens is 1. The fourth-order valence-corrected chi connectivity index (χ4v) is 3.13. The maximum absolute atomic E-state index is 6.13. The third-order valence-corrected chi connectivity index (χ3v) is 4.43. The normalized spacial score (nSPS) is 22.4. The number of hydrogen-bond donors (Lipinski definition) is 0. The number of hydrogen-bond acceptors (Lipinski definition) is 3. The van der Waals surface area contributed by atoms with E-state index in [0.717, 1.165) is 43.1 Å². The summed E-state index contributed by atoms with van der Waals surface area (Å²) in [5.74, 6) is 1.61. The minimum atomic E-state index is 0.681. The van der Waals surface area contributed by atoms with Crippen molar-refractivity contribution >= 4 is 11.6 Å². The maximum atomic E-state index is 6.13. The zero-order valence-electron chi connectivity index (χ0n) is 12.0. The first-order valence-electron chi connectivity index (χ1n) is 7.40. The lowest BCUT2D eigenvalue weighted by Crippen LogP contribution is -2.31. The topological polar surface area (TPSA) is 21.7 Å². The van der Waals surface area contributed by atoms with Crippen LogP contribution in [0.2, 0.25) is 5.02 Å². The molecule has 0 bridgehead atoms. The second-order valence-corrected chi connectivity index (χ2v) is 6.28. The van der Waals surface area contributed by atoms with E-state index < -0.39 is 0 Å². The molecule has 110 valence electrons. The van der Waals surface area contributed by atoms with Crippen LogP contribution in [0.5, 0.6) is 5.75 Å². The van der Waals surface area contributed by atoms with E-state index in [-0.39, 0.29) is 0 Å². The molecule has 3 rings (SSSR count). The average Bonchev–Trinajstić information content (AvgIpc) is 3.17. The van der Waals surface area contributed by atoms with Crippen LogP contribution in [0.4, 0.5) is 0 Å². The molecule has 0 N–H and O–H groups in total. The van der Waals surface area contributed by atoms with Gasteiger partial charge in [0.25, 0.3) is 0 Å². The van der Waals surface area contributed by atoms with Crippen molar-refractivity contribution in [3.8, 4) is 5.75 Å². The molecule has 1 atom stereocenters. The summed E-state index contributed by atoms with van der Waals surface area (Å²) in [6, 6.07) is 6.61. The van der Waals surface area contributed by atoms with Crippen LogP contribution >= 0.6 is 11.6 Å². The van der Waals surface area contributed by atoms with Crippen LogP contribution in [0.1, 0.15) is 24.8 Å². The van der Waals surface area contributed by atoms with E-state index in [4.69, 9.17) is 21.1 Å². The van der Waals surface area contributed by atoms with Crippen LogP contribution in [0.3, 0.4) is 0 Å². The molecule has 4 heteroatoms. The smallest absolute Gasteiger partial charge is 0.123 e. The number of ether oxygens (including phenoxy) is 2. The van der Waals surface area contributed by atoms with Gasteiger partial charge in [-0.05, 0) is 43.4 Å². The number of nitrogens with zero attached hydrogens (tertiary/aromatic N) is 1. The zero-order valence-corrected chi connectivity index (χ0v) is 12.7. The molecule has 2 aliphatic rings. The summed E-state index contributed by atoms with van der Waals surface area (Å²) in [7, 11) is 1.72. The molecular formula is C16H22ClNO2. The van der Waals surface area contributed by atoms with Gasteiger partial charge in [0, 0.05) is 36.3 Å². The van der Waals surface area contributed by atoms with Gasteiger partial charge in [-0.25, -0.2) is 0 Å². The number of methoxy groups -OCH3 is 1. The third-order valence-electron chi connectivity index (χ3n) is 4.20. The molecular weight excluding hydrogens is 274 g/mol. The highest BCUT2D eigenvalue weighted by atomic mass is 35.5. The quantitative estimate of drug-likeness (QED) is 0.803. The molecule has 1 saturated heterocycles. The van der Waals surface area contributed by atoms with Gasteiger partial charge in [-0.15, -0.1) is 0 Å². The van der Waals surface area contributed by atoms with Crippen LogP contribution in [-0.4, -0.2) is 37.8 Å². The SMILES string of the molecule is COc1ccc(Cl)cc1CN(C[C@H]1CCOC1)C1CC1. The summed E-state index contributed by atoms with van der Waals surface area (Å²) in [6.07, 6.45) is 3.82. The summed E-state index contributed by atoms with van der Waals surface area (Å²) >= 11 is 6.13. The van der Waals surface area contributed by atoms with Gasteiger partial charge in [0.15, 0.2) is 0 Å². The number of rotatable bonds is 6. The van der Waals surface area contributed by atoms with Crippen molar-refractivity contribution in [1.29, 1.82) is 0 Å². The molecule has 1 aromatic rings. The lowest BCUT2D eigenvalue weighted by atomic mass is 10.1. The van der Waals surface area contributed by atoms with Crippen LogP contribution in [0.25, 0.3) is 0 Å². The monoisotopic (exact) mass is 295 g/mol. The van der Waals surface area contributed by atoms with E-state index in [9.17, 15) is 0 Å². The van der Waals surface area contributed by atoms with E-state index in [0.29, 0.717) is 5.92 Å². The largest absolute Gasteiger partial charge is 0.496 e. The van der Waals surface area contributed by atoms with Crippen molar-refractivity contribution in [2.45, 2.75) is 31.8 Å². The van der Waals surface area contributed by atoms with E-state index >= 15 is 0 Å². The Morgan fingerprint density at radius 2 is 2.20 bits per heavy atom. The molecule has 1 aliphatic carbocycles. The zero-order chi connectivity index (χ0) is 13.9. The minimum absolute atomic E-state index is 0.681. The summed E-state index contributed by atoms with van der Waals surface area (Å²) in [6.45, 7) is 3.88. The summed E-state index contributed by atoms with van der Waals surface area (Å²) < 4.78 is 11.0. The minimum Gasteiger partial charge on any atom is -0.496 e. The highest BCUT2D eigenvalue weighted by Crippen LogP contribution is 2.32. The van der Waals surface area contributed by atoms with Crippen molar-refractivity contribution in [3.05, 3.63) is 28.8 Å². The summed E-state index contributed by atoms with van der Waals surface area (Å²) in [5, 5.41) is 0.778. The first kappa shape index (κ1) is 14.2. The Labute approximate surface area is 125 Å². The molecule has 1 heterocycles. The highest BCUT2D eigenvalue weighted by Gasteiger charge is 2.32. The Hall–Kier alpha value is -0.770. The molecule has 2 fully saturated rings. The van der Waals surface area contributed by atoms with Gasteiger partial charge in [0.05, 0.1) is 13.7 Å². The average molecular weight is 296 g/mol. The van der Waals surface area contributed by atoms with Crippen molar-refractivity contribution in [2.75, 3.05) is 26.9 Å². The predicted molar refractivity (Wildman–Crippen MR) is 80.4 cm³/mol. The second-order valence-electron chi connectivity index (χ2n) is 5.85. The van der Waals surface area contributed by atoms with E-state index in [2.05, 4.69) is 4.90 Å². The molecule has 1 aliphatic heterocycles. The summed E-state index contributed by atoms with van der Waals surface area (Å²) in [4.78, 5) is 2.58. The van der Waals surface area contributed by atoms with Gasteiger partial charge >= 0.3 is 0 Å². The maximum Gasteiger partial charge on any atom is 0.123 e. The van der Waals surface area contributed by atoms with Crippen molar-refractivity contribution in [3.63, 3.8) is 0 Å². The molecule has 0 spiro atoms. The third kappa shape index (κ3) is 3.46. The van der Waals surface area contributed by atoms with Crippen molar-refractivity contribution < 1.29 is 9.47 Å². The first-order valence-corrected chi connectivity index (χ1v) is 7.78. The van der Waals surface area contributed by atoms with Gasteiger partial charge in [-0.1, -0.05) is 11.6 Å². The fourth-order valence-electron chi connectivity index (χ4n) is 2.93. The molecule has 0 aromatic heterocycles. The van der Waals surface area contributed by atoms with E-state index in [1.807, 2.05) is 18.2 Å². The molecule has 20 heavy (non-hydrogen) atoms. The van der Waals surface area contributed by atoms with Gasteiger partial charge < -0.3 is 9.47 Å². The standard InChI is InChI=1S/C16H22ClNO2/c1-19-16-5-2-14(17)8-13(16)10-18(15-3-4-15)9-12-6-7-20-11-12/h2,5,8,12,15H,3-4,6-7,9-11H2,1H3/t12-/m1/s1. The Kier molecular flexibility index (Phi) is 4.49. The van der Waals surface area contributed by atoms with Crippen molar-refractivity contribution in [2.24, 2.45) is 5.92 Å². The molecule has 0 unspecified atom stereocenters. The number of benzene rings is 1. The van der Waals surface area contributed by atoms with Gasteiger partial charge in [0.2, 0.25) is 0 Å². The predicted octanol–water partition coefficient (Wildman–Crippen LogP) is 3.35. The van der Waals surface area contributed by atoms with Gasteiger partial charge in [0.1, 0.15) is 5.75 Å². The van der Waals surface area contributed by atoms with E-state index in [1.54, 1.807) is 7.11 Å². The van der Waals surface area contributed by atoms with Gasteiger partial charge in [-0.3, -0.25) is 4.90 Å². The van der Waals surface area contributed by atoms with E-state index in [1.165, 1.54) is 24.8 Å². The van der Waals surface area contributed by atoms with Crippen LogP contribution in [-0.2, 0) is 11.3 Å². The Balaban J connectivity index is 1.70. The molecule has 1 saturated carbocycles. The van der Waals surface area contributed by atoms with Crippen LogP contribution < -0.4 is 4.74 Å². The molecule has 0 radical (unpaired) electrons. The summed E-state index contributed by atoms with van der Waals surface area (Å²) in [5.41, 5.74) is 1.19. The fraction of sp³-hybridized carbons (Fsp3) is 0.625. The molecule has 3 nitrogen and oxygen atoms in total. The van der Waals surface area contributed by atoms with Crippen molar-refractivity contribution in [1.82, 2.24) is 4.90 Å². The van der Waals surface area contributed by atoms with Crippen LogP contribution in [0, 0.1) is 5.92 Å².